The zero-order valence-corrected chi connectivity index (χ0v) is 9.68. The summed E-state index contributed by atoms with van der Waals surface area (Å²) in [6, 6.07) is 3.99. The molecule has 0 spiro atoms. The van der Waals surface area contributed by atoms with E-state index in [0.29, 0.717) is 0 Å². The van der Waals surface area contributed by atoms with E-state index in [0.717, 1.165) is 22.2 Å². The van der Waals surface area contributed by atoms with Gasteiger partial charge in [-0.2, -0.15) is 0 Å². The number of carboxylic acids is 1. The number of aromatic amines is 1. The number of hydrogen-bond donors (Lipinski definition) is 1. The smallest absolute Gasteiger partial charge is 0.0491 e. The molecular formula is C13H14NO2-. The first kappa shape index (κ1) is 10.7. The highest BCUT2D eigenvalue weighted by atomic mass is 16.4. The molecular weight excluding hydrogens is 202 g/mol. The second-order valence-corrected chi connectivity index (χ2v) is 4.21. The van der Waals surface area contributed by atoms with Crippen LogP contribution in [0, 0.1) is 20.8 Å². The van der Waals surface area contributed by atoms with Crippen LogP contribution in [0.5, 0.6) is 0 Å². The third-order valence-corrected chi connectivity index (χ3v) is 3.15. The Morgan fingerprint density at radius 1 is 1.31 bits per heavy atom. The standard InChI is InChI=1S/C13H15NO2/c1-7-4-5-10-11(6-12(15)16)9(3)14-13(10)8(7)2/h4-5,14H,6H2,1-3H3,(H,15,16)/p-1. The zero-order chi connectivity index (χ0) is 11.9. The van der Waals surface area contributed by atoms with E-state index in [4.69, 9.17) is 0 Å². The maximum Gasteiger partial charge on any atom is 0.0491 e. The molecule has 1 aromatic heterocycles. The summed E-state index contributed by atoms with van der Waals surface area (Å²) in [5.41, 5.74) is 5.15. The van der Waals surface area contributed by atoms with Gasteiger partial charge in [-0.05, 0) is 37.5 Å². The van der Waals surface area contributed by atoms with E-state index in [1.54, 1.807) is 0 Å². The molecule has 0 unspecified atom stereocenters. The second kappa shape index (κ2) is 3.67. The van der Waals surface area contributed by atoms with Gasteiger partial charge in [0.15, 0.2) is 0 Å². The Labute approximate surface area is 94.1 Å². The molecule has 0 saturated heterocycles. The molecule has 1 heterocycles. The van der Waals surface area contributed by atoms with Crippen molar-refractivity contribution >= 4 is 16.9 Å². The zero-order valence-electron chi connectivity index (χ0n) is 9.68. The van der Waals surface area contributed by atoms with Crippen molar-refractivity contribution in [3.63, 3.8) is 0 Å². The quantitative estimate of drug-likeness (QED) is 0.824. The van der Waals surface area contributed by atoms with Crippen LogP contribution >= 0.6 is 0 Å². The lowest BCUT2D eigenvalue weighted by atomic mass is 10.0. The molecule has 16 heavy (non-hydrogen) atoms. The van der Waals surface area contributed by atoms with Crippen LogP contribution in [0.1, 0.15) is 22.4 Å². The average molecular weight is 216 g/mol. The Morgan fingerprint density at radius 3 is 2.62 bits per heavy atom. The number of nitrogens with one attached hydrogen (secondary N) is 1. The van der Waals surface area contributed by atoms with E-state index >= 15 is 0 Å². The average Bonchev–Trinajstić information content (AvgIpc) is 2.51. The van der Waals surface area contributed by atoms with Gasteiger partial charge < -0.3 is 14.9 Å². The highest BCUT2D eigenvalue weighted by molar-refractivity contribution is 5.90. The summed E-state index contributed by atoms with van der Waals surface area (Å²) < 4.78 is 0. The van der Waals surface area contributed by atoms with Crippen LogP contribution < -0.4 is 5.11 Å². The summed E-state index contributed by atoms with van der Waals surface area (Å²) in [7, 11) is 0. The van der Waals surface area contributed by atoms with Crippen molar-refractivity contribution in [2.75, 3.05) is 0 Å². The van der Waals surface area contributed by atoms with E-state index in [1.165, 1.54) is 11.1 Å². The fourth-order valence-electron chi connectivity index (χ4n) is 2.07. The molecule has 2 rings (SSSR count). The third-order valence-electron chi connectivity index (χ3n) is 3.15. The maximum atomic E-state index is 10.7. The van der Waals surface area contributed by atoms with E-state index in [2.05, 4.69) is 4.98 Å². The van der Waals surface area contributed by atoms with Crippen molar-refractivity contribution in [1.82, 2.24) is 4.98 Å². The van der Waals surface area contributed by atoms with Crippen LogP contribution in [0.4, 0.5) is 0 Å². The molecule has 0 aliphatic carbocycles. The predicted molar refractivity (Wildman–Crippen MR) is 61.2 cm³/mol. The van der Waals surface area contributed by atoms with Crippen molar-refractivity contribution in [3.8, 4) is 0 Å². The number of rotatable bonds is 2. The van der Waals surface area contributed by atoms with E-state index in [1.807, 2.05) is 32.9 Å². The number of carboxylic acid groups (broad SMARTS) is 1. The first-order chi connectivity index (χ1) is 7.50. The fraction of sp³-hybridized carbons (Fsp3) is 0.308. The summed E-state index contributed by atoms with van der Waals surface area (Å²) in [6.07, 6.45) is -0.0334. The maximum absolute atomic E-state index is 10.7. The Bertz CT molecular complexity index is 567. The van der Waals surface area contributed by atoms with Gasteiger partial charge in [-0.25, -0.2) is 0 Å². The highest BCUT2D eigenvalue weighted by Crippen LogP contribution is 2.26. The molecule has 84 valence electrons. The molecule has 0 fully saturated rings. The SMILES string of the molecule is Cc1ccc2c(CC(=O)[O-])c(C)[nH]c2c1C. The lowest BCUT2D eigenvalue weighted by Crippen LogP contribution is -2.24. The van der Waals surface area contributed by atoms with Crippen LogP contribution in [-0.2, 0) is 11.2 Å². The molecule has 0 amide bonds. The summed E-state index contributed by atoms with van der Waals surface area (Å²) >= 11 is 0. The van der Waals surface area contributed by atoms with Crippen LogP contribution in [0.2, 0.25) is 0 Å². The molecule has 0 radical (unpaired) electrons. The second-order valence-electron chi connectivity index (χ2n) is 4.21. The van der Waals surface area contributed by atoms with Crippen molar-refractivity contribution in [2.45, 2.75) is 27.2 Å². The number of carbonyl (C=O) groups excluding carboxylic acids is 1. The molecule has 1 N–H and O–H groups in total. The number of carbonyl (C=O) groups is 1. The topological polar surface area (TPSA) is 55.9 Å². The Morgan fingerprint density at radius 2 is 2.00 bits per heavy atom. The van der Waals surface area contributed by atoms with Gasteiger partial charge in [0, 0.05) is 29.0 Å². The van der Waals surface area contributed by atoms with Gasteiger partial charge in [0.25, 0.3) is 0 Å². The van der Waals surface area contributed by atoms with Gasteiger partial charge in [-0.15, -0.1) is 0 Å². The molecule has 0 aliphatic rings. The molecule has 3 heteroatoms. The Balaban J connectivity index is 2.71. The predicted octanol–water partition coefficient (Wildman–Crippen LogP) is 1.39. The highest BCUT2D eigenvalue weighted by Gasteiger charge is 2.10. The minimum absolute atomic E-state index is 0.0334. The van der Waals surface area contributed by atoms with Gasteiger partial charge in [-0.3, -0.25) is 0 Å². The summed E-state index contributed by atoms with van der Waals surface area (Å²) in [5, 5.41) is 11.7. The number of aryl methyl sites for hydroxylation is 3. The van der Waals surface area contributed by atoms with Gasteiger partial charge in [0.1, 0.15) is 0 Å². The van der Waals surface area contributed by atoms with Crippen molar-refractivity contribution < 1.29 is 9.90 Å². The first-order valence-electron chi connectivity index (χ1n) is 5.28. The summed E-state index contributed by atoms with van der Waals surface area (Å²) in [5.74, 6) is -1.04. The number of fused-ring (bicyclic) bond motifs is 1. The van der Waals surface area contributed by atoms with Crippen molar-refractivity contribution in [3.05, 3.63) is 34.5 Å². The van der Waals surface area contributed by atoms with E-state index in [-0.39, 0.29) is 6.42 Å². The summed E-state index contributed by atoms with van der Waals surface area (Å²) in [4.78, 5) is 13.9. The normalized spacial score (nSPS) is 10.9. The van der Waals surface area contributed by atoms with Crippen LogP contribution in [0.15, 0.2) is 12.1 Å². The lowest BCUT2D eigenvalue weighted by molar-refractivity contribution is -0.304. The molecule has 0 aliphatic heterocycles. The number of H-pyrrole nitrogens is 1. The molecule has 2 aromatic rings. The molecule has 3 nitrogen and oxygen atoms in total. The van der Waals surface area contributed by atoms with Crippen molar-refractivity contribution in [2.24, 2.45) is 0 Å². The Kier molecular flexibility index (Phi) is 2.46. The van der Waals surface area contributed by atoms with E-state index < -0.39 is 5.97 Å². The van der Waals surface area contributed by atoms with Crippen LogP contribution in [0.25, 0.3) is 10.9 Å². The number of hydrogen-bond acceptors (Lipinski definition) is 2. The molecule has 0 bridgehead atoms. The first-order valence-corrected chi connectivity index (χ1v) is 5.28. The molecule has 0 atom stereocenters. The fourth-order valence-corrected chi connectivity index (χ4v) is 2.07. The van der Waals surface area contributed by atoms with Gasteiger partial charge in [0.05, 0.1) is 0 Å². The van der Waals surface area contributed by atoms with Crippen molar-refractivity contribution in [1.29, 1.82) is 0 Å². The minimum Gasteiger partial charge on any atom is -0.550 e. The number of aliphatic carboxylic acids is 1. The van der Waals surface area contributed by atoms with Crippen LogP contribution in [-0.4, -0.2) is 11.0 Å². The molecule has 0 saturated carbocycles. The Hall–Kier alpha value is -1.77. The lowest BCUT2D eigenvalue weighted by Gasteiger charge is -2.04. The van der Waals surface area contributed by atoms with Gasteiger partial charge >= 0.3 is 0 Å². The largest absolute Gasteiger partial charge is 0.550 e. The third kappa shape index (κ3) is 1.58. The number of benzene rings is 1. The minimum atomic E-state index is -1.04. The summed E-state index contributed by atoms with van der Waals surface area (Å²) in [6.45, 7) is 5.98. The van der Waals surface area contributed by atoms with E-state index in [9.17, 15) is 9.90 Å². The van der Waals surface area contributed by atoms with Gasteiger partial charge in [-0.1, -0.05) is 12.1 Å². The monoisotopic (exact) mass is 216 g/mol. The van der Waals surface area contributed by atoms with Gasteiger partial charge in [0.2, 0.25) is 0 Å². The van der Waals surface area contributed by atoms with Crippen LogP contribution in [0.3, 0.4) is 0 Å². The molecule has 1 aromatic carbocycles. The number of aromatic nitrogens is 1.